The van der Waals surface area contributed by atoms with E-state index in [1.165, 1.54) is 17.3 Å². The first-order chi connectivity index (χ1) is 12.5. The number of hydrogen-bond acceptors (Lipinski definition) is 7. The van der Waals surface area contributed by atoms with Crippen molar-refractivity contribution < 1.29 is 13.9 Å². The first-order valence-electron chi connectivity index (χ1n) is 8.24. The third kappa shape index (κ3) is 4.51. The summed E-state index contributed by atoms with van der Waals surface area (Å²) in [6.07, 6.45) is 3.59. The van der Waals surface area contributed by atoms with Crippen LogP contribution in [0.4, 0.5) is 0 Å². The third-order valence-electron chi connectivity index (χ3n) is 3.69. The molecule has 3 aromatic rings. The smallest absolute Gasteiger partial charge is 0.316 e. The van der Waals surface area contributed by atoms with Crippen LogP contribution >= 0.6 is 11.8 Å². The Kier molecular flexibility index (Phi) is 5.72. The highest BCUT2D eigenvalue weighted by Gasteiger charge is 2.12. The molecule has 0 amide bonds. The van der Waals surface area contributed by atoms with Gasteiger partial charge >= 0.3 is 5.97 Å². The molecule has 0 fully saturated rings. The highest BCUT2D eigenvalue weighted by molar-refractivity contribution is 7.99. The fourth-order valence-electron chi connectivity index (χ4n) is 2.32. The van der Waals surface area contributed by atoms with Gasteiger partial charge in [0.2, 0.25) is 5.89 Å². The summed E-state index contributed by atoms with van der Waals surface area (Å²) in [6, 6.07) is 8.32. The van der Waals surface area contributed by atoms with Crippen molar-refractivity contribution in [1.82, 2.24) is 19.7 Å². The van der Waals surface area contributed by atoms with Crippen molar-refractivity contribution in [2.45, 2.75) is 38.5 Å². The Morgan fingerprint density at radius 1 is 1.27 bits per heavy atom. The minimum atomic E-state index is -0.365. The molecule has 0 radical (unpaired) electrons. The number of thioether (sulfide) groups is 1. The summed E-state index contributed by atoms with van der Waals surface area (Å²) in [6.45, 7) is 5.98. The number of imidazole rings is 1. The number of ether oxygens (including phenoxy) is 1. The van der Waals surface area contributed by atoms with Gasteiger partial charge in [-0.15, -0.1) is 10.2 Å². The summed E-state index contributed by atoms with van der Waals surface area (Å²) in [5.74, 6) is 0.992. The molecule has 26 heavy (non-hydrogen) atoms. The van der Waals surface area contributed by atoms with Gasteiger partial charge < -0.3 is 9.15 Å². The second-order valence-corrected chi connectivity index (χ2v) is 6.93. The lowest BCUT2D eigenvalue weighted by molar-refractivity contribution is -0.142. The van der Waals surface area contributed by atoms with Crippen LogP contribution in [0, 0.1) is 6.92 Å². The Hall–Kier alpha value is -2.61. The molecule has 0 saturated heterocycles. The van der Waals surface area contributed by atoms with Crippen molar-refractivity contribution in [2.24, 2.45) is 0 Å². The van der Waals surface area contributed by atoms with Crippen LogP contribution < -0.4 is 0 Å². The molecule has 8 heteroatoms. The lowest BCUT2D eigenvalue weighted by atomic mass is 10.0. The van der Waals surface area contributed by atoms with Crippen molar-refractivity contribution >= 4 is 17.7 Å². The van der Waals surface area contributed by atoms with E-state index in [4.69, 9.17) is 9.15 Å². The van der Waals surface area contributed by atoms with Gasteiger partial charge in [-0.2, -0.15) is 0 Å². The number of esters is 1. The summed E-state index contributed by atoms with van der Waals surface area (Å²) in [5, 5.41) is 8.20. The molecule has 1 aromatic carbocycles. The maximum atomic E-state index is 11.9. The summed E-state index contributed by atoms with van der Waals surface area (Å²) in [4.78, 5) is 16.2. The van der Waals surface area contributed by atoms with Crippen LogP contribution in [0.25, 0.3) is 5.69 Å². The van der Waals surface area contributed by atoms with Gasteiger partial charge in [-0.3, -0.25) is 9.36 Å². The molecule has 0 bridgehead atoms. The Balaban J connectivity index is 1.57. The second-order valence-electron chi connectivity index (χ2n) is 5.99. The number of benzene rings is 1. The molecule has 3 rings (SSSR count). The van der Waals surface area contributed by atoms with Gasteiger partial charge in [-0.1, -0.05) is 37.7 Å². The maximum Gasteiger partial charge on any atom is 0.316 e. The molecule has 0 aliphatic rings. The van der Waals surface area contributed by atoms with E-state index in [9.17, 15) is 4.79 Å². The van der Waals surface area contributed by atoms with E-state index in [0.717, 1.165) is 10.8 Å². The first kappa shape index (κ1) is 18.2. The van der Waals surface area contributed by atoms with Gasteiger partial charge in [0.1, 0.15) is 0 Å². The van der Waals surface area contributed by atoms with Crippen molar-refractivity contribution in [3.05, 3.63) is 54.0 Å². The predicted octanol–water partition coefficient (Wildman–Crippen LogP) is 3.52. The van der Waals surface area contributed by atoms with Crippen LogP contribution in [0.5, 0.6) is 0 Å². The maximum absolute atomic E-state index is 11.9. The zero-order valence-electron chi connectivity index (χ0n) is 14.9. The van der Waals surface area contributed by atoms with Gasteiger partial charge in [0, 0.05) is 25.0 Å². The van der Waals surface area contributed by atoms with Crippen molar-refractivity contribution in [3.8, 4) is 5.69 Å². The number of aryl methyl sites for hydroxylation is 1. The summed E-state index contributed by atoms with van der Waals surface area (Å²) in [7, 11) is 0. The highest BCUT2D eigenvalue weighted by atomic mass is 32.2. The minimum Gasteiger partial charge on any atom is -0.455 e. The molecule has 2 heterocycles. The quantitative estimate of drug-likeness (QED) is 0.463. The molecule has 0 aliphatic carbocycles. The second kappa shape index (κ2) is 8.18. The highest BCUT2D eigenvalue weighted by Crippen LogP contribution is 2.22. The zero-order chi connectivity index (χ0) is 18.5. The van der Waals surface area contributed by atoms with Gasteiger partial charge in [0.05, 0.1) is 5.75 Å². The largest absolute Gasteiger partial charge is 0.455 e. The standard InChI is InChI=1S/C18H20N4O3S/c1-12(2)14-4-6-15(7-5-14)22-9-8-19-18(22)26-11-17(23)24-10-16-21-20-13(3)25-16/h4-9,12H,10-11H2,1-3H3. The van der Waals surface area contributed by atoms with E-state index in [2.05, 4.69) is 53.3 Å². The Bertz CT molecular complexity index is 871. The van der Waals surface area contributed by atoms with E-state index in [-0.39, 0.29) is 24.2 Å². The number of carbonyl (C=O) groups excluding carboxylic acids is 1. The van der Waals surface area contributed by atoms with Crippen LogP contribution in [0.2, 0.25) is 0 Å². The van der Waals surface area contributed by atoms with Crippen LogP contribution in [0.15, 0.2) is 46.2 Å². The first-order valence-corrected chi connectivity index (χ1v) is 9.22. The molecular weight excluding hydrogens is 352 g/mol. The van der Waals surface area contributed by atoms with E-state index in [0.29, 0.717) is 11.8 Å². The Morgan fingerprint density at radius 2 is 2.04 bits per heavy atom. The summed E-state index contributed by atoms with van der Waals surface area (Å²) >= 11 is 1.32. The Labute approximate surface area is 155 Å². The van der Waals surface area contributed by atoms with Gasteiger partial charge in [-0.05, 0) is 23.6 Å². The molecule has 0 saturated carbocycles. The fraction of sp³-hybridized carbons (Fsp3) is 0.333. The van der Waals surface area contributed by atoms with E-state index in [1.807, 2.05) is 10.8 Å². The molecule has 0 N–H and O–H groups in total. The summed E-state index contributed by atoms with van der Waals surface area (Å²) < 4.78 is 12.2. The third-order valence-corrected chi connectivity index (χ3v) is 4.63. The van der Waals surface area contributed by atoms with Crippen molar-refractivity contribution in [3.63, 3.8) is 0 Å². The average Bonchev–Trinajstić information content (AvgIpc) is 3.27. The van der Waals surface area contributed by atoms with Crippen molar-refractivity contribution in [2.75, 3.05) is 5.75 Å². The van der Waals surface area contributed by atoms with E-state index < -0.39 is 0 Å². The average molecular weight is 372 g/mol. The lowest BCUT2D eigenvalue weighted by Crippen LogP contribution is -2.08. The summed E-state index contributed by atoms with van der Waals surface area (Å²) in [5.41, 5.74) is 2.28. The van der Waals surface area contributed by atoms with Crippen molar-refractivity contribution in [1.29, 1.82) is 0 Å². The topological polar surface area (TPSA) is 83.0 Å². The number of nitrogens with zero attached hydrogens (tertiary/aromatic N) is 4. The molecule has 7 nitrogen and oxygen atoms in total. The fourth-order valence-corrected chi connectivity index (χ4v) is 3.09. The van der Waals surface area contributed by atoms with Gasteiger partial charge in [-0.25, -0.2) is 4.98 Å². The van der Waals surface area contributed by atoms with Gasteiger partial charge in [0.15, 0.2) is 11.8 Å². The predicted molar refractivity (Wildman–Crippen MR) is 97.2 cm³/mol. The minimum absolute atomic E-state index is 0.0225. The zero-order valence-corrected chi connectivity index (χ0v) is 15.7. The number of hydrogen-bond donors (Lipinski definition) is 0. The van der Waals surface area contributed by atoms with Crippen LogP contribution in [-0.4, -0.2) is 31.5 Å². The monoisotopic (exact) mass is 372 g/mol. The number of carbonyl (C=O) groups is 1. The van der Waals surface area contributed by atoms with E-state index >= 15 is 0 Å². The molecular formula is C18H20N4O3S. The molecule has 0 unspecified atom stereocenters. The van der Waals surface area contributed by atoms with E-state index in [1.54, 1.807) is 13.1 Å². The number of rotatable bonds is 7. The Morgan fingerprint density at radius 3 is 2.69 bits per heavy atom. The van der Waals surface area contributed by atoms with Crippen LogP contribution in [0.1, 0.15) is 37.1 Å². The lowest BCUT2D eigenvalue weighted by Gasteiger charge is -2.10. The normalized spacial score (nSPS) is 11.1. The number of aromatic nitrogens is 4. The molecule has 0 spiro atoms. The van der Waals surface area contributed by atoms with Crippen LogP contribution in [0.3, 0.4) is 0 Å². The molecule has 0 aliphatic heterocycles. The molecule has 136 valence electrons. The molecule has 0 atom stereocenters. The SMILES string of the molecule is Cc1nnc(COC(=O)CSc2nccn2-c2ccc(C(C)C)cc2)o1. The molecule has 2 aromatic heterocycles. The van der Waals surface area contributed by atoms with Gasteiger partial charge in [0.25, 0.3) is 5.89 Å². The van der Waals surface area contributed by atoms with Crippen LogP contribution in [-0.2, 0) is 16.1 Å².